The number of nitrogens with one attached hydrogen (secondary N) is 3. The summed E-state index contributed by atoms with van der Waals surface area (Å²) in [6, 6.07) is 16.4. The Labute approximate surface area is 162 Å². The monoisotopic (exact) mass is 372 g/mol. The average molecular weight is 373 g/mol. The fourth-order valence-electron chi connectivity index (χ4n) is 2.82. The summed E-state index contributed by atoms with van der Waals surface area (Å²) >= 11 is 5.44. The van der Waals surface area contributed by atoms with Crippen molar-refractivity contribution in [3.63, 3.8) is 0 Å². The van der Waals surface area contributed by atoms with Crippen LogP contribution in [0.4, 0.5) is 5.69 Å². The van der Waals surface area contributed by atoms with Crippen LogP contribution in [0.15, 0.2) is 48.5 Å². The lowest BCUT2D eigenvalue weighted by molar-refractivity contribution is -0.910. The molecule has 2 aromatic carbocycles. The third-order valence-electron chi connectivity index (χ3n) is 4.42. The molecule has 0 saturated heterocycles. The molecule has 0 amide bonds. The molecular weight excluding hydrogens is 342 g/mol. The topological polar surface area (TPSA) is 37.7 Å². The van der Waals surface area contributed by atoms with Gasteiger partial charge in [0.1, 0.15) is 12.3 Å². The highest BCUT2D eigenvalue weighted by atomic mass is 32.1. The zero-order valence-corrected chi connectivity index (χ0v) is 16.8. The zero-order chi connectivity index (χ0) is 18.8. The lowest BCUT2D eigenvalue weighted by Crippen LogP contribution is -3.10. The van der Waals surface area contributed by atoms with Crippen LogP contribution in [0.5, 0.6) is 5.75 Å². The Morgan fingerprint density at radius 2 is 1.62 bits per heavy atom. The van der Waals surface area contributed by atoms with Crippen LogP contribution < -0.4 is 20.3 Å². The molecule has 2 aromatic rings. The fourth-order valence-corrected chi connectivity index (χ4v) is 3.01. The summed E-state index contributed by atoms with van der Waals surface area (Å²) in [4.78, 5) is 1.58. The Kier molecular flexibility index (Phi) is 8.38. The molecule has 0 bridgehead atoms. The van der Waals surface area contributed by atoms with Crippen molar-refractivity contribution in [1.29, 1.82) is 0 Å². The summed E-state index contributed by atoms with van der Waals surface area (Å²) in [5.74, 6) is 0.866. The first kappa shape index (κ1) is 20.2. The number of hydrogen-bond donors (Lipinski definition) is 3. The number of hydrogen-bond acceptors (Lipinski definition) is 2. The quantitative estimate of drug-likeness (QED) is 0.592. The lowest BCUT2D eigenvalue weighted by atomic mass is 10.1. The highest BCUT2D eigenvalue weighted by Gasteiger charge is 2.09. The second-order valence-electron chi connectivity index (χ2n) is 6.17. The van der Waals surface area contributed by atoms with Crippen LogP contribution in [0.25, 0.3) is 0 Å². The molecule has 26 heavy (non-hydrogen) atoms. The van der Waals surface area contributed by atoms with E-state index in [2.05, 4.69) is 48.7 Å². The van der Waals surface area contributed by atoms with Crippen LogP contribution in [-0.2, 0) is 13.1 Å². The molecule has 0 radical (unpaired) electrons. The Bertz CT molecular complexity index is 684. The van der Waals surface area contributed by atoms with Gasteiger partial charge >= 0.3 is 0 Å². The predicted octanol–water partition coefficient (Wildman–Crippen LogP) is 3.00. The first-order chi connectivity index (χ1) is 12.7. The number of ether oxygens (including phenoxy) is 1. The number of thiocarbonyl (C=S) groups is 1. The highest BCUT2D eigenvalue weighted by Crippen LogP contribution is 2.15. The Hall–Kier alpha value is -2.11. The van der Waals surface area contributed by atoms with Crippen molar-refractivity contribution in [1.82, 2.24) is 5.32 Å². The van der Waals surface area contributed by atoms with Gasteiger partial charge in [-0.05, 0) is 62.8 Å². The molecule has 2 rings (SSSR count). The molecule has 3 N–H and O–H groups in total. The van der Waals surface area contributed by atoms with Gasteiger partial charge in [-0.3, -0.25) is 0 Å². The second-order valence-corrected chi connectivity index (χ2v) is 6.58. The van der Waals surface area contributed by atoms with E-state index in [0.717, 1.165) is 37.6 Å². The van der Waals surface area contributed by atoms with Crippen LogP contribution in [0, 0.1) is 0 Å². The van der Waals surface area contributed by atoms with Crippen LogP contribution in [-0.4, -0.2) is 24.8 Å². The van der Waals surface area contributed by atoms with Crippen LogP contribution >= 0.6 is 12.2 Å². The average Bonchev–Trinajstić information content (AvgIpc) is 2.67. The third kappa shape index (κ3) is 6.32. The van der Waals surface area contributed by atoms with Crippen LogP contribution in [0.1, 0.15) is 31.9 Å². The van der Waals surface area contributed by atoms with Gasteiger partial charge in [0.05, 0.1) is 19.7 Å². The predicted molar refractivity (Wildman–Crippen MR) is 113 cm³/mol. The van der Waals surface area contributed by atoms with Crippen molar-refractivity contribution in [2.45, 2.75) is 33.9 Å². The van der Waals surface area contributed by atoms with Crippen molar-refractivity contribution in [2.24, 2.45) is 0 Å². The smallest absolute Gasteiger partial charge is 0.171 e. The SMILES string of the molecule is CCOc1ccc(NC(=S)NCc2ccccc2C[NH+](CC)CC)cc1. The van der Waals surface area contributed by atoms with Crippen LogP contribution in [0.3, 0.4) is 0 Å². The second kappa shape index (κ2) is 10.8. The molecule has 0 saturated carbocycles. The van der Waals surface area contributed by atoms with E-state index < -0.39 is 0 Å². The van der Waals surface area contributed by atoms with E-state index in [9.17, 15) is 0 Å². The molecule has 0 unspecified atom stereocenters. The Balaban J connectivity index is 1.90. The van der Waals surface area contributed by atoms with E-state index >= 15 is 0 Å². The van der Waals surface area contributed by atoms with Gasteiger partial charge < -0.3 is 20.3 Å². The minimum Gasteiger partial charge on any atom is -0.494 e. The van der Waals surface area contributed by atoms with Gasteiger partial charge in [-0.25, -0.2) is 0 Å². The van der Waals surface area contributed by atoms with E-state index in [-0.39, 0.29) is 0 Å². The fraction of sp³-hybridized carbons (Fsp3) is 0.381. The van der Waals surface area contributed by atoms with E-state index in [1.54, 1.807) is 4.90 Å². The normalized spacial score (nSPS) is 10.6. The van der Waals surface area contributed by atoms with Gasteiger partial charge in [-0.2, -0.15) is 0 Å². The molecule has 5 heteroatoms. The van der Waals surface area contributed by atoms with Crippen LogP contribution in [0.2, 0.25) is 0 Å². The molecule has 4 nitrogen and oxygen atoms in total. The maximum absolute atomic E-state index is 5.46. The summed E-state index contributed by atoms with van der Waals surface area (Å²) in [7, 11) is 0. The Morgan fingerprint density at radius 3 is 2.23 bits per heavy atom. The van der Waals surface area contributed by atoms with E-state index in [1.165, 1.54) is 11.1 Å². The number of quaternary nitrogens is 1. The summed E-state index contributed by atoms with van der Waals surface area (Å²) in [5, 5.41) is 7.16. The van der Waals surface area contributed by atoms with Gasteiger partial charge in [0, 0.05) is 17.8 Å². The minimum absolute atomic E-state index is 0.624. The molecule has 0 aliphatic heterocycles. The lowest BCUT2D eigenvalue weighted by Gasteiger charge is -2.18. The largest absolute Gasteiger partial charge is 0.494 e. The van der Waals surface area contributed by atoms with E-state index in [1.807, 2.05) is 31.2 Å². The number of rotatable bonds is 9. The first-order valence-corrected chi connectivity index (χ1v) is 9.75. The molecule has 140 valence electrons. The highest BCUT2D eigenvalue weighted by molar-refractivity contribution is 7.80. The van der Waals surface area contributed by atoms with Crippen molar-refractivity contribution in [2.75, 3.05) is 25.0 Å². The maximum Gasteiger partial charge on any atom is 0.171 e. The van der Waals surface area contributed by atoms with Gasteiger partial charge in [0.25, 0.3) is 0 Å². The standard InChI is InChI=1S/C21H29N3OS/c1-4-24(5-2)16-18-10-8-7-9-17(18)15-22-21(26)23-19-11-13-20(14-12-19)25-6-3/h7-14H,4-6,15-16H2,1-3H3,(H2,22,23,26)/p+1. The van der Waals surface area contributed by atoms with E-state index in [0.29, 0.717) is 11.7 Å². The van der Waals surface area contributed by atoms with Gasteiger partial charge in [-0.1, -0.05) is 24.3 Å². The molecule has 0 heterocycles. The minimum atomic E-state index is 0.624. The summed E-state index contributed by atoms with van der Waals surface area (Å²) in [5.41, 5.74) is 3.62. The molecule has 0 aliphatic carbocycles. The zero-order valence-electron chi connectivity index (χ0n) is 16.0. The summed E-state index contributed by atoms with van der Waals surface area (Å²) in [6.45, 7) is 11.1. The number of benzene rings is 2. The first-order valence-electron chi connectivity index (χ1n) is 9.34. The Morgan fingerprint density at radius 1 is 0.962 bits per heavy atom. The molecule has 0 aromatic heterocycles. The van der Waals surface area contributed by atoms with Crippen molar-refractivity contribution in [3.8, 4) is 5.75 Å². The van der Waals surface area contributed by atoms with Crippen molar-refractivity contribution < 1.29 is 9.64 Å². The molecule has 0 aliphatic rings. The molecule has 0 atom stereocenters. The summed E-state index contributed by atoms with van der Waals surface area (Å²) in [6.07, 6.45) is 0. The van der Waals surface area contributed by atoms with Crippen molar-refractivity contribution in [3.05, 3.63) is 59.7 Å². The molecule has 0 fully saturated rings. The van der Waals surface area contributed by atoms with E-state index in [4.69, 9.17) is 17.0 Å². The maximum atomic E-state index is 5.46. The number of anilines is 1. The van der Waals surface area contributed by atoms with Gasteiger partial charge in [0.2, 0.25) is 0 Å². The van der Waals surface area contributed by atoms with Crippen molar-refractivity contribution >= 4 is 23.0 Å². The summed E-state index contributed by atoms with van der Waals surface area (Å²) < 4.78 is 5.46. The molecular formula is C21H30N3OS+. The third-order valence-corrected chi connectivity index (χ3v) is 4.67. The molecule has 0 spiro atoms. The van der Waals surface area contributed by atoms with Gasteiger partial charge in [0.15, 0.2) is 5.11 Å². The van der Waals surface area contributed by atoms with Gasteiger partial charge in [-0.15, -0.1) is 0 Å².